The highest BCUT2D eigenvalue weighted by Gasteiger charge is 2.33. The second-order valence-electron chi connectivity index (χ2n) is 5.55. The second kappa shape index (κ2) is 5.64. The monoisotopic (exact) mass is 211 g/mol. The van der Waals surface area contributed by atoms with Gasteiger partial charge in [-0.2, -0.15) is 0 Å². The molecule has 88 valence electrons. The highest BCUT2D eigenvalue weighted by atomic mass is 16.1. The highest BCUT2D eigenvalue weighted by molar-refractivity contribution is 5.84. The van der Waals surface area contributed by atoms with Gasteiger partial charge >= 0.3 is 0 Å². The van der Waals surface area contributed by atoms with Gasteiger partial charge in [-0.25, -0.2) is 0 Å². The molecule has 1 aliphatic heterocycles. The van der Waals surface area contributed by atoms with E-state index in [2.05, 4.69) is 26.1 Å². The van der Waals surface area contributed by atoms with Gasteiger partial charge in [0, 0.05) is 18.4 Å². The third-order valence-corrected chi connectivity index (χ3v) is 3.46. The predicted octanol–water partition coefficient (Wildman–Crippen LogP) is 2.77. The van der Waals surface area contributed by atoms with Crippen LogP contribution in [0.5, 0.6) is 0 Å². The highest BCUT2D eigenvalue weighted by Crippen LogP contribution is 2.28. The molecule has 15 heavy (non-hydrogen) atoms. The Balaban J connectivity index is 2.31. The fourth-order valence-electron chi connectivity index (χ4n) is 2.27. The first kappa shape index (κ1) is 12.7. The van der Waals surface area contributed by atoms with Crippen LogP contribution in [0.15, 0.2) is 0 Å². The summed E-state index contributed by atoms with van der Waals surface area (Å²) in [5.74, 6) is 1.19. The van der Waals surface area contributed by atoms with Crippen LogP contribution in [0.4, 0.5) is 0 Å². The Kier molecular flexibility index (Phi) is 4.78. The first-order valence-corrected chi connectivity index (χ1v) is 6.28. The summed E-state index contributed by atoms with van der Waals surface area (Å²) < 4.78 is 0. The molecule has 1 heterocycles. The Labute approximate surface area is 93.8 Å². The van der Waals surface area contributed by atoms with E-state index in [1.807, 2.05) is 0 Å². The molecular weight excluding hydrogens is 186 g/mol. The van der Waals surface area contributed by atoms with Gasteiger partial charge in [-0.1, -0.05) is 27.2 Å². The third kappa shape index (κ3) is 3.94. The smallest absolute Gasteiger partial charge is 0.140 e. The largest absolute Gasteiger partial charge is 0.316 e. The van der Waals surface area contributed by atoms with Crippen molar-refractivity contribution < 1.29 is 4.79 Å². The Morgan fingerprint density at radius 2 is 2.20 bits per heavy atom. The van der Waals surface area contributed by atoms with Gasteiger partial charge in [0.25, 0.3) is 0 Å². The molecule has 2 heteroatoms. The summed E-state index contributed by atoms with van der Waals surface area (Å²) in [4.78, 5) is 12.1. The number of hydrogen-bond acceptors (Lipinski definition) is 2. The molecule has 0 amide bonds. The molecule has 1 rings (SSSR count). The topological polar surface area (TPSA) is 29.1 Å². The Hall–Kier alpha value is -0.370. The van der Waals surface area contributed by atoms with Gasteiger partial charge in [0.15, 0.2) is 0 Å². The van der Waals surface area contributed by atoms with Crippen molar-refractivity contribution in [1.82, 2.24) is 5.32 Å². The van der Waals surface area contributed by atoms with Crippen LogP contribution in [0.2, 0.25) is 0 Å². The summed E-state index contributed by atoms with van der Waals surface area (Å²) in [6.45, 7) is 8.52. The van der Waals surface area contributed by atoms with Gasteiger partial charge in [-0.15, -0.1) is 0 Å². The van der Waals surface area contributed by atoms with Crippen molar-refractivity contribution in [1.29, 1.82) is 0 Å². The molecule has 1 aliphatic rings. The average molecular weight is 211 g/mol. The second-order valence-corrected chi connectivity index (χ2v) is 5.55. The van der Waals surface area contributed by atoms with Crippen molar-refractivity contribution in [3.8, 4) is 0 Å². The summed E-state index contributed by atoms with van der Waals surface area (Å²) in [7, 11) is 0. The summed E-state index contributed by atoms with van der Waals surface area (Å²) in [6, 6.07) is 0. The van der Waals surface area contributed by atoms with Crippen molar-refractivity contribution in [2.75, 3.05) is 13.1 Å². The van der Waals surface area contributed by atoms with E-state index >= 15 is 0 Å². The van der Waals surface area contributed by atoms with Crippen molar-refractivity contribution in [2.24, 2.45) is 11.3 Å². The molecule has 0 spiro atoms. The van der Waals surface area contributed by atoms with Crippen molar-refractivity contribution >= 4 is 5.78 Å². The molecule has 1 atom stereocenters. The van der Waals surface area contributed by atoms with Gasteiger partial charge in [0.2, 0.25) is 0 Å². The van der Waals surface area contributed by atoms with Crippen LogP contribution in [0, 0.1) is 11.3 Å². The minimum absolute atomic E-state index is 0.0742. The van der Waals surface area contributed by atoms with Crippen LogP contribution in [0.1, 0.15) is 52.9 Å². The first-order chi connectivity index (χ1) is 7.04. The Bertz CT molecular complexity index is 205. The van der Waals surface area contributed by atoms with Crippen LogP contribution in [-0.4, -0.2) is 18.9 Å². The summed E-state index contributed by atoms with van der Waals surface area (Å²) in [6.07, 6.45) is 5.23. The average Bonchev–Trinajstić information content (AvgIpc) is 2.18. The van der Waals surface area contributed by atoms with Gasteiger partial charge in [0.1, 0.15) is 5.78 Å². The van der Waals surface area contributed by atoms with Gasteiger partial charge in [0.05, 0.1) is 0 Å². The predicted molar refractivity (Wildman–Crippen MR) is 63.9 cm³/mol. The van der Waals surface area contributed by atoms with E-state index in [9.17, 15) is 4.79 Å². The zero-order chi connectivity index (χ0) is 11.3. The number of carbonyl (C=O) groups is 1. The lowest BCUT2D eigenvalue weighted by molar-refractivity contribution is -0.128. The molecule has 0 aromatic heterocycles. The Morgan fingerprint density at radius 3 is 2.73 bits per heavy atom. The van der Waals surface area contributed by atoms with E-state index in [0.717, 1.165) is 44.7 Å². The number of carbonyl (C=O) groups excluding carboxylic acids is 1. The zero-order valence-corrected chi connectivity index (χ0v) is 10.4. The lowest BCUT2D eigenvalue weighted by atomic mass is 9.77. The number of ketones is 1. The van der Waals surface area contributed by atoms with Crippen molar-refractivity contribution in [2.45, 2.75) is 52.9 Å². The van der Waals surface area contributed by atoms with E-state index in [0.29, 0.717) is 5.78 Å². The molecule has 1 saturated heterocycles. The maximum Gasteiger partial charge on any atom is 0.140 e. The van der Waals surface area contributed by atoms with Crippen molar-refractivity contribution in [3.63, 3.8) is 0 Å². The molecule has 1 N–H and O–H groups in total. The lowest BCUT2D eigenvalue weighted by Crippen LogP contribution is -2.43. The van der Waals surface area contributed by atoms with Crippen LogP contribution < -0.4 is 5.32 Å². The molecular formula is C13H25NO. The summed E-state index contributed by atoms with van der Waals surface area (Å²) >= 11 is 0. The molecule has 0 radical (unpaired) electrons. The maximum atomic E-state index is 12.1. The van der Waals surface area contributed by atoms with E-state index in [-0.39, 0.29) is 5.41 Å². The van der Waals surface area contributed by atoms with Gasteiger partial charge < -0.3 is 5.32 Å². The number of piperidine rings is 1. The zero-order valence-electron chi connectivity index (χ0n) is 10.4. The fraction of sp³-hybridized carbons (Fsp3) is 0.923. The van der Waals surface area contributed by atoms with Crippen LogP contribution >= 0.6 is 0 Å². The van der Waals surface area contributed by atoms with E-state index in [1.165, 1.54) is 6.42 Å². The quantitative estimate of drug-likeness (QED) is 0.757. The third-order valence-electron chi connectivity index (χ3n) is 3.46. The lowest BCUT2D eigenvalue weighted by Gasteiger charge is -2.32. The molecule has 1 unspecified atom stereocenters. The van der Waals surface area contributed by atoms with Crippen LogP contribution in [-0.2, 0) is 4.79 Å². The maximum absolute atomic E-state index is 12.1. The first-order valence-electron chi connectivity index (χ1n) is 6.28. The molecule has 0 aromatic carbocycles. The van der Waals surface area contributed by atoms with Gasteiger partial charge in [-0.05, 0) is 31.7 Å². The van der Waals surface area contributed by atoms with E-state index in [4.69, 9.17) is 0 Å². The molecule has 0 aromatic rings. The minimum Gasteiger partial charge on any atom is -0.316 e. The minimum atomic E-state index is -0.0742. The standard InChI is InChI=1S/C13H25NO/c1-11(2)6-4-7-12(15)13(3)8-5-9-14-10-13/h11,14H,4-10H2,1-3H3. The van der Waals surface area contributed by atoms with Gasteiger partial charge in [-0.3, -0.25) is 4.79 Å². The van der Waals surface area contributed by atoms with E-state index < -0.39 is 0 Å². The molecule has 0 bridgehead atoms. The summed E-state index contributed by atoms with van der Waals surface area (Å²) in [5.41, 5.74) is -0.0742. The molecule has 1 fully saturated rings. The van der Waals surface area contributed by atoms with Crippen molar-refractivity contribution in [3.05, 3.63) is 0 Å². The van der Waals surface area contributed by atoms with Crippen LogP contribution in [0.3, 0.4) is 0 Å². The fourth-order valence-corrected chi connectivity index (χ4v) is 2.27. The van der Waals surface area contributed by atoms with E-state index in [1.54, 1.807) is 0 Å². The summed E-state index contributed by atoms with van der Waals surface area (Å²) in [5, 5.41) is 3.33. The SMILES string of the molecule is CC(C)CCCC(=O)C1(C)CCCNC1. The molecule has 2 nitrogen and oxygen atoms in total. The molecule has 0 saturated carbocycles. The molecule has 0 aliphatic carbocycles. The Morgan fingerprint density at radius 1 is 1.47 bits per heavy atom. The number of rotatable bonds is 5. The number of nitrogens with one attached hydrogen (secondary N) is 1. The number of hydrogen-bond donors (Lipinski definition) is 1. The van der Waals surface area contributed by atoms with Crippen LogP contribution in [0.25, 0.3) is 0 Å². The number of Topliss-reactive ketones (excluding diaryl/α,β-unsaturated/α-hetero) is 1. The normalized spacial score (nSPS) is 26.9.